The van der Waals surface area contributed by atoms with Gasteiger partial charge in [-0.2, -0.15) is 0 Å². The van der Waals surface area contributed by atoms with Gasteiger partial charge < -0.3 is 10.1 Å². The lowest BCUT2D eigenvalue weighted by Gasteiger charge is -2.12. The standard InChI is InChI=1S/C18H33NOS/c1-5-6-7-8-9-16(4)20-14-18-11-10-17(21-18)13-19-12-15(2)3/h10-11,15-16,19H,5-9,12-14H2,1-4H3. The molecular formula is C18H33NOS. The summed E-state index contributed by atoms with van der Waals surface area (Å²) in [4.78, 5) is 2.75. The molecule has 122 valence electrons. The Morgan fingerprint density at radius 1 is 1.10 bits per heavy atom. The van der Waals surface area contributed by atoms with E-state index in [1.807, 2.05) is 11.3 Å². The number of hydrogen-bond acceptors (Lipinski definition) is 3. The van der Waals surface area contributed by atoms with Crippen molar-refractivity contribution >= 4 is 11.3 Å². The van der Waals surface area contributed by atoms with E-state index in [0.29, 0.717) is 12.0 Å². The van der Waals surface area contributed by atoms with Crippen LogP contribution in [0.15, 0.2) is 12.1 Å². The van der Waals surface area contributed by atoms with Gasteiger partial charge in [0.05, 0.1) is 12.7 Å². The maximum Gasteiger partial charge on any atom is 0.0813 e. The highest BCUT2D eigenvalue weighted by Crippen LogP contribution is 2.19. The first-order chi connectivity index (χ1) is 10.1. The van der Waals surface area contributed by atoms with E-state index in [1.54, 1.807) is 0 Å². The highest BCUT2D eigenvalue weighted by Gasteiger charge is 2.05. The summed E-state index contributed by atoms with van der Waals surface area (Å²) in [5.74, 6) is 0.710. The maximum atomic E-state index is 5.95. The molecule has 1 N–H and O–H groups in total. The monoisotopic (exact) mass is 311 g/mol. The molecule has 1 atom stereocenters. The summed E-state index contributed by atoms with van der Waals surface area (Å²) in [6.07, 6.45) is 6.86. The van der Waals surface area contributed by atoms with Crippen LogP contribution < -0.4 is 5.32 Å². The van der Waals surface area contributed by atoms with Crippen molar-refractivity contribution in [3.63, 3.8) is 0 Å². The molecule has 0 aliphatic carbocycles. The molecule has 0 aliphatic heterocycles. The molecule has 0 aromatic carbocycles. The highest BCUT2D eigenvalue weighted by atomic mass is 32.1. The Balaban J connectivity index is 2.15. The molecule has 21 heavy (non-hydrogen) atoms. The number of hydrogen-bond donors (Lipinski definition) is 1. The van der Waals surface area contributed by atoms with E-state index >= 15 is 0 Å². The fourth-order valence-corrected chi connectivity index (χ4v) is 3.16. The minimum atomic E-state index is 0.381. The lowest BCUT2D eigenvalue weighted by Crippen LogP contribution is -2.18. The molecule has 0 bridgehead atoms. The van der Waals surface area contributed by atoms with Crippen LogP contribution in [-0.4, -0.2) is 12.6 Å². The average Bonchev–Trinajstić information content (AvgIpc) is 2.89. The lowest BCUT2D eigenvalue weighted by atomic mass is 10.1. The average molecular weight is 312 g/mol. The molecule has 2 nitrogen and oxygen atoms in total. The zero-order chi connectivity index (χ0) is 15.5. The number of rotatable bonds is 12. The third-order valence-corrected chi connectivity index (χ3v) is 4.60. The van der Waals surface area contributed by atoms with Gasteiger partial charge >= 0.3 is 0 Å². The van der Waals surface area contributed by atoms with Gasteiger partial charge in [-0.15, -0.1) is 11.3 Å². The van der Waals surface area contributed by atoms with Gasteiger partial charge in [0.15, 0.2) is 0 Å². The summed E-state index contributed by atoms with van der Waals surface area (Å²) in [6.45, 7) is 11.8. The van der Waals surface area contributed by atoms with E-state index < -0.39 is 0 Å². The molecule has 1 unspecified atom stereocenters. The van der Waals surface area contributed by atoms with E-state index in [2.05, 4.69) is 45.1 Å². The molecule has 0 saturated heterocycles. The zero-order valence-electron chi connectivity index (χ0n) is 14.3. The second-order valence-electron chi connectivity index (χ2n) is 6.36. The van der Waals surface area contributed by atoms with Crippen molar-refractivity contribution in [2.45, 2.75) is 79.1 Å². The minimum absolute atomic E-state index is 0.381. The Kier molecular flexibility index (Phi) is 9.98. The molecular weight excluding hydrogens is 278 g/mol. The van der Waals surface area contributed by atoms with Gasteiger partial charge in [0, 0.05) is 16.3 Å². The summed E-state index contributed by atoms with van der Waals surface area (Å²) in [6, 6.07) is 4.43. The molecule has 1 heterocycles. The first-order valence-corrected chi connectivity index (χ1v) is 9.33. The summed E-state index contributed by atoms with van der Waals surface area (Å²) >= 11 is 1.87. The van der Waals surface area contributed by atoms with Crippen molar-refractivity contribution in [1.29, 1.82) is 0 Å². The van der Waals surface area contributed by atoms with Crippen LogP contribution in [-0.2, 0) is 17.9 Å². The van der Waals surface area contributed by atoms with E-state index in [4.69, 9.17) is 4.74 Å². The molecule has 0 amide bonds. The molecule has 1 aromatic rings. The van der Waals surface area contributed by atoms with E-state index in [9.17, 15) is 0 Å². The van der Waals surface area contributed by atoms with Gasteiger partial charge in [0.2, 0.25) is 0 Å². The van der Waals surface area contributed by atoms with Crippen molar-refractivity contribution in [3.05, 3.63) is 21.9 Å². The smallest absolute Gasteiger partial charge is 0.0813 e. The van der Waals surface area contributed by atoms with E-state index in [1.165, 1.54) is 41.9 Å². The van der Waals surface area contributed by atoms with Crippen LogP contribution in [0.5, 0.6) is 0 Å². The van der Waals surface area contributed by atoms with E-state index in [0.717, 1.165) is 19.7 Å². The van der Waals surface area contributed by atoms with Crippen LogP contribution in [0.3, 0.4) is 0 Å². The summed E-state index contributed by atoms with van der Waals surface area (Å²) in [5.41, 5.74) is 0. The van der Waals surface area contributed by atoms with Gasteiger partial charge in [-0.1, -0.05) is 46.5 Å². The van der Waals surface area contributed by atoms with E-state index in [-0.39, 0.29) is 0 Å². The normalized spacial score (nSPS) is 13.0. The van der Waals surface area contributed by atoms with Crippen molar-refractivity contribution < 1.29 is 4.74 Å². The number of nitrogens with one attached hydrogen (secondary N) is 1. The first-order valence-electron chi connectivity index (χ1n) is 8.51. The molecule has 0 spiro atoms. The van der Waals surface area contributed by atoms with Crippen LogP contribution >= 0.6 is 11.3 Å². The molecule has 1 aromatic heterocycles. The van der Waals surface area contributed by atoms with Crippen molar-refractivity contribution in [1.82, 2.24) is 5.32 Å². The minimum Gasteiger partial charge on any atom is -0.373 e. The quantitative estimate of drug-likeness (QED) is 0.524. The SMILES string of the molecule is CCCCCCC(C)OCc1ccc(CNCC(C)C)s1. The second-order valence-corrected chi connectivity index (χ2v) is 7.62. The Morgan fingerprint density at radius 2 is 1.86 bits per heavy atom. The Hall–Kier alpha value is -0.380. The third-order valence-electron chi connectivity index (χ3n) is 3.54. The maximum absolute atomic E-state index is 5.95. The fraction of sp³-hybridized carbons (Fsp3) is 0.778. The van der Waals surface area contributed by atoms with Crippen LogP contribution in [0.2, 0.25) is 0 Å². The molecule has 0 aliphatic rings. The predicted octanol–water partition coefficient (Wildman–Crippen LogP) is 5.37. The largest absolute Gasteiger partial charge is 0.373 e. The molecule has 0 fully saturated rings. The number of ether oxygens (including phenoxy) is 1. The van der Waals surface area contributed by atoms with Crippen LogP contribution in [0.4, 0.5) is 0 Å². The topological polar surface area (TPSA) is 21.3 Å². The van der Waals surface area contributed by atoms with Gasteiger partial charge in [-0.25, -0.2) is 0 Å². The van der Waals surface area contributed by atoms with Gasteiger partial charge in [0.1, 0.15) is 0 Å². The lowest BCUT2D eigenvalue weighted by molar-refractivity contribution is 0.0475. The fourth-order valence-electron chi connectivity index (χ4n) is 2.25. The molecule has 0 radical (unpaired) electrons. The predicted molar refractivity (Wildman–Crippen MR) is 93.9 cm³/mol. The summed E-state index contributed by atoms with van der Waals surface area (Å²) in [5, 5.41) is 3.49. The summed E-state index contributed by atoms with van der Waals surface area (Å²) in [7, 11) is 0. The first kappa shape index (κ1) is 18.7. The molecule has 1 rings (SSSR count). The Bertz CT molecular complexity index is 362. The zero-order valence-corrected chi connectivity index (χ0v) is 15.1. The molecule has 0 saturated carbocycles. The van der Waals surface area contributed by atoms with Crippen molar-refractivity contribution in [3.8, 4) is 0 Å². The van der Waals surface area contributed by atoms with Crippen LogP contribution in [0.1, 0.15) is 69.6 Å². The van der Waals surface area contributed by atoms with Crippen LogP contribution in [0.25, 0.3) is 0 Å². The summed E-state index contributed by atoms with van der Waals surface area (Å²) < 4.78 is 5.95. The van der Waals surface area contributed by atoms with Crippen molar-refractivity contribution in [2.24, 2.45) is 5.92 Å². The van der Waals surface area contributed by atoms with Crippen molar-refractivity contribution in [2.75, 3.05) is 6.54 Å². The third kappa shape index (κ3) is 9.28. The number of unbranched alkanes of at least 4 members (excludes halogenated alkanes) is 3. The van der Waals surface area contributed by atoms with Crippen LogP contribution in [0, 0.1) is 5.92 Å². The second kappa shape index (κ2) is 11.2. The molecule has 3 heteroatoms. The van der Waals surface area contributed by atoms with Gasteiger partial charge in [-0.05, 0) is 37.9 Å². The Morgan fingerprint density at radius 3 is 2.57 bits per heavy atom. The highest BCUT2D eigenvalue weighted by molar-refractivity contribution is 7.11. The Labute approximate surface area is 135 Å². The number of thiophene rings is 1. The van der Waals surface area contributed by atoms with Gasteiger partial charge in [0.25, 0.3) is 0 Å². The van der Waals surface area contributed by atoms with Gasteiger partial charge in [-0.3, -0.25) is 0 Å².